The molecule has 0 aromatic heterocycles. The van der Waals surface area contributed by atoms with Crippen molar-refractivity contribution < 1.29 is 33.7 Å². The van der Waals surface area contributed by atoms with Crippen molar-refractivity contribution in [1.29, 1.82) is 0 Å². The first-order valence-corrected chi connectivity index (χ1v) is 11.5. The van der Waals surface area contributed by atoms with Crippen LogP contribution in [0, 0.1) is 0 Å². The molecule has 174 valence electrons. The van der Waals surface area contributed by atoms with Gasteiger partial charge < -0.3 is 19.3 Å². The fraction of sp³-hybridized carbons (Fsp3) is 0.192. The molecule has 1 aliphatic rings. The predicted octanol–water partition coefficient (Wildman–Crippen LogP) is 3.73. The standard InChI is InChI=1S/C26H22O7S/c27-23(17-10-4-1-5-11-17)31-16-20-21(32-24(28)18-12-6-2-7-13-18)22(26(30)34-20)33-25(29)19-14-8-3-9-15-19/h1-15,20-22,26,30H,16H2/t20-,21+,22-,26?/m1/s1. The second-order valence-electron chi connectivity index (χ2n) is 7.50. The second kappa shape index (κ2) is 11.0. The minimum atomic E-state index is -1.18. The molecule has 3 aromatic rings. The van der Waals surface area contributed by atoms with E-state index >= 15 is 0 Å². The summed E-state index contributed by atoms with van der Waals surface area (Å²) in [4.78, 5) is 37.8. The number of esters is 3. The first-order chi connectivity index (χ1) is 16.5. The van der Waals surface area contributed by atoms with Crippen molar-refractivity contribution in [2.75, 3.05) is 6.61 Å². The van der Waals surface area contributed by atoms with Crippen LogP contribution in [0.5, 0.6) is 0 Å². The van der Waals surface area contributed by atoms with Crippen molar-refractivity contribution in [2.24, 2.45) is 0 Å². The number of benzene rings is 3. The Hall–Kier alpha value is -3.62. The number of hydrogen-bond donors (Lipinski definition) is 1. The van der Waals surface area contributed by atoms with E-state index in [9.17, 15) is 19.5 Å². The fourth-order valence-electron chi connectivity index (χ4n) is 3.46. The van der Waals surface area contributed by atoms with Crippen LogP contribution in [0.1, 0.15) is 31.1 Å². The van der Waals surface area contributed by atoms with Crippen LogP contribution in [-0.2, 0) is 14.2 Å². The first kappa shape index (κ1) is 23.5. The molecule has 0 aliphatic carbocycles. The summed E-state index contributed by atoms with van der Waals surface area (Å²) >= 11 is 1.02. The summed E-state index contributed by atoms with van der Waals surface area (Å²) in [6.07, 6.45) is -2.19. The Morgan fingerprint density at radius 2 is 1.06 bits per heavy atom. The lowest BCUT2D eigenvalue weighted by atomic mass is 10.1. The van der Waals surface area contributed by atoms with Gasteiger partial charge in [-0.05, 0) is 36.4 Å². The third-order valence-electron chi connectivity index (χ3n) is 5.18. The quantitative estimate of drug-likeness (QED) is 0.405. The van der Waals surface area contributed by atoms with Crippen LogP contribution < -0.4 is 0 Å². The summed E-state index contributed by atoms with van der Waals surface area (Å²) < 4.78 is 16.6. The van der Waals surface area contributed by atoms with E-state index in [0.717, 1.165) is 11.8 Å². The minimum Gasteiger partial charge on any atom is -0.461 e. The van der Waals surface area contributed by atoms with Crippen LogP contribution in [0.25, 0.3) is 0 Å². The normalized spacial score (nSPS) is 21.4. The smallest absolute Gasteiger partial charge is 0.338 e. The molecule has 1 fully saturated rings. The van der Waals surface area contributed by atoms with Crippen LogP contribution in [0.15, 0.2) is 91.0 Å². The molecule has 7 nitrogen and oxygen atoms in total. The van der Waals surface area contributed by atoms with E-state index in [1.165, 1.54) is 0 Å². The van der Waals surface area contributed by atoms with E-state index in [1.54, 1.807) is 91.0 Å². The van der Waals surface area contributed by atoms with Gasteiger partial charge in [0.05, 0.1) is 21.9 Å². The number of carbonyl (C=O) groups excluding carboxylic acids is 3. The SMILES string of the molecule is O=C(OC[C@H]1SC(O)[C@H](OC(=O)c2ccccc2)[C@H]1OC(=O)c1ccccc1)c1ccccc1. The average molecular weight is 479 g/mol. The number of ether oxygens (including phenoxy) is 3. The number of carbonyl (C=O) groups is 3. The van der Waals surface area contributed by atoms with Gasteiger partial charge in [0.25, 0.3) is 0 Å². The van der Waals surface area contributed by atoms with Gasteiger partial charge in [0.1, 0.15) is 12.0 Å². The zero-order valence-corrected chi connectivity index (χ0v) is 18.8. The maximum atomic E-state index is 12.8. The molecule has 0 radical (unpaired) electrons. The Morgan fingerprint density at radius 3 is 1.53 bits per heavy atom. The summed E-state index contributed by atoms with van der Waals surface area (Å²) in [7, 11) is 0. The molecular formula is C26H22O7S. The second-order valence-corrected chi connectivity index (χ2v) is 8.86. The minimum absolute atomic E-state index is 0.151. The van der Waals surface area contributed by atoms with Gasteiger partial charge in [-0.3, -0.25) is 0 Å². The van der Waals surface area contributed by atoms with Crippen LogP contribution in [-0.4, -0.2) is 52.5 Å². The number of thioether (sulfide) groups is 1. The van der Waals surface area contributed by atoms with E-state index in [4.69, 9.17) is 14.2 Å². The van der Waals surface area contributed by atoms with Gasteiger partial charge in [-0.25, -0.2) is 14.4 Å². The van der Waals surface area contributed by atoms with E-state index in [1.807, 2.05) is 0 Å². The van der Waals surface area contributed by atoms with E-state index in [0.29, 0.717) is 16.7 Å². The zero-order chi connectivity index (χ0) is 23.9. The number of rotatable bonds is 7. The first-order valence-electron chi connectivity index (χ1n) is 10.6. The van der Waals surface area contributed by atoms with Gasteiger partial charge in [-0.1, -0.05) is 54.6 Å². The molecule has 0 bridgehead atoms. The van der Waals surface area contributed by atoms with Gasteiger partial charge in [0.15, 0.2) is 12.2 Å². The van der Waals surface area contributed by atoms with E-state index in [-0.39, 0.29) is 6.61 Å². The average Bonchev–Trinajstić information content (AvgIpc) is 3.17. The summed E-state index contributed by atoms with van der Waals surface area (Å²) in [6.45, 7) is -0.151. The van der Waals surface area contributed by atoms with Crippen molar-refractivity contribution in [3.05, 3.63) is 108 Å². The lowest BCUT2D eigenvalue weighted by molar-refractivity contribution is -0.0557. The predicted molar refractivity (Wildman–Crippen MR) is 125 cm³/mol. The highest BCUT2D eigenvalue weighted by Crippen LogP contribution is 2.38. The Labute approximate surface area is 200 Å². The molecule has 1 N–H and O–H groups in total. The van der Waals surface area contributed by atoms with Gasteiger partial charge in [0.2, 0.25) is 0 Å². The summed E-state index contributed by atoms with van der Waals surface area (Å²) in [5.74, 6) is -1.85. The van der Waals surface area contributed by atoms with E-state index < -0.39 is 40.8 Å². The molecule has 1 heterocycles. The molecule has 0 saturated carbocycles. The summed E-state index contributed by atoms with van der Waals surface area (Å²) in [5.41, 5.74) is -0.202. The Morgan fingerprint density at radius 1 is 0.647 bits per heavy atom. The van der Waals surface area contributed by atoms with Crippen LogP contribution in [0.3, 0.4) is 0 Å². The van der Waals surface area contributed by atoms with Gasteiger partial charge in [0, 0.05) is 0 Å². The van der Waals surface area contributed by atoms with Gasteiger partial charge in [-0.2, -0.15) is 0 Å². The molecule has 1 unspecified atom stereocenters. The highest BCUT2D eigenvalue weighted by atomic mass is 32.2. The Kier molecular flexibility index (Phi) is 7.61. The third-order valence-corrected chi connectivity index (χ3v) is 6.48. The fourth-order valence-corrected chi connectivity index (χ4v) is 4.69. The number of aliphatic hydroxyl groups excluding tert-OH is 1. The van der Waals surface area contributed by atoms with E-state index in [2.05, 4.69) is 0 Å². The highest BCUT2D eigenvalue weighted by Gasteiger charge is 2.49. The van der Waals surface area contributed by atoms with Crippen LogP contribution in [0.2, 0.25) is 0 Å². The molecular weight excluding hydrogens is 456 g/mol. The molecule has 4 rings (SSSR count). The highest BCUT2D eigenvalue weighted by molar-refractivity contribution is 8.00. The lowest BCUT2D eigenvalue weighted by Crippen LogP contribution is -2.41. The van der Waals surface area contributed by atoms with Gasteiger partial charge >= 0.3 is 17.9 Å². The van der Waals surface area contributed by atoms with Crippen LogP contribution in [0.4, 0.5) is 0 Å². The number of hydrogen-bond acceptors (Lipinski definition) is 8. The molecule has 1 aliphatic heterocycles. The number of aliphatic hydroxyl groups is 1. The van der Waals surface area contributed by atoms with Crippen molar-refractivity contribution in [3.8, 4) is 0 Å². The Bertz CT molecular complexity index is 1120. The summed E-state index contributed by atoms with van der Waals surface area (Å²) in [5, 5.41) is 10.00. The largest absolute Gasteiger partial charge is 0.461 e. The van der Waals surface area contributed by atoms with Crippen molar-refractivity contribution in [3.63, 3.8) is 0 Å². The summed E-state index contributed by atoms with van der Waals surface area (Å²) in [6, 6.07) is 25.1. The monoisotopic (exact) mass is 478 g/mol. The molecule has 3 aromatic carbocycles. The Balaban J connectivity index is 1.51. The molecule has 1 saturated heterocycles. The maximum Gasteiger partial charge on any atom is 0.338 e. The molecule has 0 spiro atoms. The van der Waals surface area contributed by atoms with Crippen LogP contribution >= 0.6 is 11.8 Å². The molecule has 0 amide bonds. The van der Waals surface area contributed by atoms with Crippen molar-refractivity contribution >= 4 is 29.7 Å². The van der Waals surface area contributed by atoms with Crippen molar-refractivity contribution in [1.82, 2.24) is 0 Å². The van der Waals surface area contributed by atoms with Gasteiger partial charge in [-0.15, -0.1) is 11.8 Å². The molecule has 8 heteroatoms. The lowest BCUT2D eigenvalue weighted by Gasteiger charge is -2.24. The zero-order valence-electron chi connectivity index (χ0n) is 18.0. The molecule has 4 atom stereocenters. The topological polar surface area (TPSA) is 99.1 Å². The molecule has 34 heavy (non-hydrogen) atoms. The maximum absolute atomic E-state index is 12.8. The van der Waals surface area contributed by atoms with Crippen molar-refractivity contribution in [2.45, 2.75) is 22.9 Å². The third kappa shape index (κ3) is 5.65.